The Kier molecular flexibility index (Phi) is 4.74. The average molecular weight is 273 g/mol. The first-order valence-corrected chi connectivity index (χ1v) is 6.87. The van der Waals surface area contributed by atoms with Gasteiger partial charge in [-0.05, 0) is 55.2 Å². The number of halogens is 1. The molecule has 2 aromatic carbocycles. The van der Waals surface area contributed by atoms with Crippen LogP contribution in [-0.4, -0.2) is 6.04 Å². The summed E-state index contributed by atoms with van der Waals surface area (Å²) in [7, 11) is 0. The number of para-hydroxylation sites is 1. The van der Waals surface area contributed by atoms with E-state index in [1.165, 1.54) is 11.6 Å². The Morgan fingerprint density at radius 3 is 2.60 bits per heavy atom. The molecule has 0 aliphatic carbocycles. The summed E-state index contributed by atoms with van der Waals surface area (Å²) in [4.78, 5) is 0. The maximum absolute atomic E-state index is 13.5. The lowest BCUT2D eigenvalue weighted by Crippen LogP contribution is -2.21. The van der Waals surface area contributed by atoms with Crippen LogP contribution in [0.1, 0.15) is 24.5 Å². The fourth-order valence-electron chi connectivity index (χ4n) is 2.04. The van der Waals surface area contributed by atoms with Crippen LogP contribution in [0.2, 0.25) is 0 Å². The Morgan fingerprint density at radius 1 is 1.20 bits per heavy atom. The van der Waals surface area contributed by atoms with Gasteiger partial charge in [-0.3, -0.25) is 0 Å². The number of rotatable bonds is 5. The van der Waals surface area contributed by atoms with Crippen molar-refractivity contribution < 1.29 is 9.13 Å². The van der Waals surface area contributed by atoms with Crippen LogP contribution in [0.25, 0.3) is 0 Å². The van der Waals surface area contributed by atoms with Crippen LogP contribution < -0.4 is 10.5 Å². The molecule has 1 unspecified atom stereocenters. The van der Waals surface area contributed by atoms with Crippen LogP contribution in [-0.2, 0) is 6.42 Å². The molecule has 0 saturated carbocycles. The number of aryl methyl sites for hydroxylation is 1. The maximum Gasteiger partial charge on any atom is 0.165 e. The zero-order chi connectivity index (χ0) is 14.5. The lowest BCUT2D eigenvalue weighted by Gasteiger charge is -2.13. The molecule has 0 radical (unpaired) electrons. The van der Waals surface area contributed by atoms with E-state index in [4.69, 9.17) is 10.5 Å². The molecule has 106 valence electrons. The minimum absolute atomic E-state index is 0.173. The highest BCUT2D eigenvalue weighted by atomic mass is 19.1. The predicted molar refractivity (Wildman–Crippen MR) is 79.6 cm³/mol. The molecule has 0 fully saturated rings. The van der Waals surface area contributed by atoms with E-state index in [1.807, 2.05) is 25.1 Å². The molecule has 0 aliphatic heterocycles. The highest BCUT2D eigenvalue weighted by Crippen LogP contribution is 2.26. The minimum atomic E-state index is -0.359. The molecule has 0 saturated heterocycles. The van der Waals surface area contributed by atoms with Gasteiger partial charge in [-0.2, -0.15) is 0 Å². The number of hydrogen-bond donors (Lipinski definition) is 1. The lowest BCUT2D eigenvalue weighted by atomic mass is 10.00. The number of ether oxygens (including phenoxy) is 1. The van der Waals surface area contributed by atoms with Gasteiger partial charge in [-0.15, -0.1) is 0 Å². The smallest absolute Gasteiger partial charge is 0.165 e. The van der Waals surface area contributed by atoms with Crippen LogP contribution in [0.3, 0.4) is 0 Å². The Hall–Kier alpha value is -1.87. The third-order valence-electron chi connectivity index (χ3n) is 3.38. The van der Waals surface area contributed by atoms with E-state index < -0.39 is 0 Å². The van der Waals surface area contributed by atoms with Gasteiger partial charge in [-0.1, -0.05) is 25.1 Å². The monoisotopic (exact) mass is 273 g/mol. The van der Waals surface area contributed by atoms with Crippen LogP contribution >= 0.6 is 0 Å². The molecule has 20 heavy (non-hydrogen) atoms. The van der Waals surface area contributed by atoms with E-state index in [-0.39, 0.29) is 17.6 Å². The molecule has 0 spiro atoms. The van der Waals surface area contributed by atoms with Gasteiger partial charge in [-0.25, -0.2) is 4.39 Å². The van der Waals surface area contributed by atoms with E-state index >= 15 is 0 Å². The van der Waals surface area contributed by atoms with Crippen LogP contribution in [0.4, 0.5) is 4.39 Å². The Labute approximate surface area is 119 Å². The van der Waals surface area contributed by atoms with E-state index in [2.05, 4.69) is 6.92 Å². The number of benzene rings is 2. The topological polar surface area (TPSA) is 35.2 Å². The Bertz CT molecular complexity index is 583. The molecular formula is C17H20FNO. The fraction of sp³-hybridized carbons (Fsp3) is 0.294. The minimum Gasteiger partial charge on any atom is -0.454 e. The summed E-state index contributed by atoms with van der Waals surface area (Å²) in [6.07, 6.45) is 1.80. The molecule has 0 aliphatic rings. The maximum atomic E-state index is 13.5. The first-order valence-electron chi connectivity index (χ1n) is 6.87. The van der Waals surface area contributed by atoms with Crippen molar-refractivity contribution in [3.05, 3.63) is 59.4 Å². The second kappa shape index (κ2) is 6.53. The van der Waals surface area contributed by atoms with Crippen molar-refractivity contribution in [2.45, 2.75) is 32.7 Å². The lowest BCUT2D eigenvalue weighted by molar-refractivity contribution is 0.442. The van der Waals surface area contributed by atoms with Gasteiger partial charge in [0.1, 0.15) is 5.75 Å². The molecule has 3 heteroatoms. The molecule has 2 rings (SSSR count). The number of nitrogens with two attached hydrogens (primary N) is 1. The zero-order valence-electron chi connectivity index (χ0n) is 11.9. The summed E-state index contributed by atoms with van der Waals surface area (Å²) in [5, 5.41) is 0. The molecule has 1 atom stereocenters. The SMILES string of the molecule is CCC(N)Cc1ccc(Oc2ccccc2F)cc1C. The van der Waals surface area contributed by atoms with Crippen molar-refractivity contribution in [3.8, 4) is 11.5 Å². The highest BCUT2D eigenvalue weighted by molar-refractivity contribution is 5.38. The second-order valence-electron chi connectivity index (χ2n) is 4.99. The predicted octanol–water partition coefficient (Wildman–Crippen LogP) is 4.21. The summed E-state index contributed by atoms with van der Waals surface area (Å²) >= 11 is 0. The van der Waals surface area contributed by atoms with Crippen LogP contribution in [0.5, 0.6) is 11.5 Å². The second-order valence-corrected chi connectivity index (χ2v) is 4.99. The molecule has 2 nitrogen and oxygen atoms in total. The van der Waals surface area contributed by atoms with Crippen molar-refractivity contribution in [3.63, 3.8) is 0 Å². The Morgan fingerprint density at radius 2 is 1.95 bits per heavy atom. The van der Waals surface area contributed by atoms with Crippen molar-refractivity contribution in [2.24, 2.45) is 5.73 Å². The van der Waals surface area contributed by atoms with E-state index in [0.717, 1.165) is 18.4 Å². The standard InChI is InChI=1S/C17H20FNO/c1-3-14(19)11-13-8-9-15(10-12(13)2)20-17-7-5-4-6-16(17)18/h4-10,14H,3,11,19H2,1-2H3. The van der Waals surface area contributed by atoms with Crippen molar-refractivity contribution in [2.75, 3.05) is 0 Å². The molecule has 2 aromatic rings. The quantitative estimate of drug-likeness (QED) is 0.885. The fourth-order valence-corrected chi connectivity index (χ4v) is 2.04. The highest BCUT2D eigenvalue weighted by Gasteiger charge is 2.07. The van der Waals surface area contributed by atoms with Crippen molar-refractivity contribution >= 4 is 0 Å². The Balaban J connectivity index is 2.15. The molecule has 0 heterocycles. The summed E-state index contributed by atoms with van der Waals surface area (Å²) in [5.41, 5.74) is 8.30. The van der Waals surface area contributed by atoms with Crippen LogP contribution in [0.15, 0.2) is 42.5 Å². The van der Waals surface area contributed by atoms with Gasteiger partial charge in [0.2, 0.25) is 0 Å². The van der Waals surface area contributed by atoms with Gasteiger partial charge in [0.05, 0.1) is 0 Å². The van der Waals surface area contributed by atoms with Gasteiger partial charge >= 0.3 is 0 Å². The van der Waals surface area contributed by atoms with Gasteiger partial charge in [0.25, 0.3) is 0 Å². The summed E-state index contributed by atoms with van der Waals surface area (Å²) in [6, 6.07) is 12.3. The van der Waals surface area contributed by atoms with Gasteiger partial charge < -0.3 is 10.5 Å². The van der Waals surface area contributed by atoms with Gasteiger partial charge in [0, 0.05) is 6.04 Å². The first kappa shape index (κ1) is 14.5. The molecular weight excluding hydrogens is 253 g/mol. The third-order valence-corrected chi connectivity index (χ3v) is 3.38. The number of hydrogen-bond acceptors (Lipinski definition) is 2. The summed E-state index contributed by atoms with van der Waals surface area (Å²) in [5.74, 6) is 0.522. The largest absolute Gasteiger partial charge is 0.454 e. The van der Waals surface area contributed by atoms with Gasteiger partial charge in [0.15, 0.2) is 11.6 Å². The normalized spacial score (nSPS) is 12.2. The molecule has 0 aromatic heterocycles. The first-order chi connectivity index (χ1) is 9.60. The van der Waals surface area contributed by atoms with E-state index in [0.29, 0.717) is 5.75 Å². The van der Waals surface area contributed by atoms with E-state index in [1.54, 1.807) is 18.2 Å². The van der Waals surface area contributed by atoms with E-state index in [9.17, 15) is 4.39 Å². The van der Waals surface area contributed by atoms with Crippen LogP contribution in [0, 0.1) is 12.7 Å². The summed E-state index contributed by atoms with van der Waals surface area (Å²) < 4.78 is 19.1. The molecule has 0 amide bonds. The van der Waals surface area contributed by atoms with Crippen molar-refractivity contribution in [1.82, 2.24) is 0 Å². The van der Waals surface area contributed by atoms with Crippen molar-refractivity contribution in [1.29, 1.82) is 0 Å². The molecule has 0 bridgehead atoms. The third kappa shape index (κ3) is 3.58. The molecule has 2 N–H and O–H groups in total. The average Bonchev–Trinajstić information content (AvgIpc) is 2.44. The summed E-state index contributed by atoms with van der Waals surface area (Å²) in [6.45, 7) is 4.10. The zero-order valence-corrected chi connectivity index (χ0v) is 11.9.